The molecule has 2 N–H and O–H groups in total. The van der Waals surface area contributed by atoms with E-state index in [-0.39, 0.29) is 11.8 Å². The number of nitrogens with one attached hydrogen (secondary N) is 1. The van der Waals surface area contributed by atoms with Crippen molar-refractivity contribution in [2.45, 2.75) is 32.1 Å². The second-order valence-electron chi connectivity index (χ2n) is 4.89. The van der Waals surface area contributed by atoms with Crippen molar-refractivity contribution in [2.24, 2.45) is 17.3 Å². The second kappa shape index (κ2) is 3.70. The lowest BCUT2D eigenvalue weighted by atomic mass is 9.77. The Morgan fingerprint density at radius 1 is 1.43 bits per heavy atom. The van der Waals surface area contributed by atoms with E-state index >= 15 is 0 Å². The van der Waals surface area contributed by atoms with Crippen LogP contribution < -0.4 is 4.84 Å². The summed E-state index contributed by atoms with van der Waals surface area (Å²) in [6.07, 6.45) is 4.93. The minimum absolute atomic E-state index is 0.0700. The van der Waals surface area contributed by atoms with Crippen LogP contribution in [-0.2, 0) is 4.79 Å². The molecule has 2 aliphatic rings. The van der Waals surface area contributed by atoms with Crippen LogP contribution in [0.15, 0.2) is 0 Å². The topological polar surface area (TPSA) is 49.3 Å². The van der Waals surface area contributed by atoms with E-state index in [0.717, 1.165) is 24.7 Å². The molecule has 3 nitrogen and oxygen atoms in total. The Bertz CT molecular complexity index is 232. The highest BCUT2D eigenvalue weighted by molar-refractivity contribution is 6.13. The van der Waals surface area contributed by atoms with E-state index in [0.29, 0.717) is 6.54 Å². The summed E-state index contributed by atoms with van der Waals surface area (Å²) in [7, 11) is 0. The zero-order valence-corrected chi connectivity index (χ0v) is 8.89. The van der Waals surface area contributed by atoms with Gasteiger partial charge in [-0.3, -0.25) is 4.79 Å². The number of carboxylic acids is 1. The van der Waals surface area contributed by atoms with Gasteiger partial charge in [0.2, 0.25) is 0 Å². The molecule has 4 heteroatoms. The molecule has 0 unspecified atom stereocenters. The average Bonchev–Trinajstić information content (AvgIpc) is 2.29. The number of aliphatic carboxylic acids is 1. The van der Waals surface area contributed by atoms with Crippen molar-refractivity contribution in [1.82, 2.24) is 4.84 Å². The maximum atomic E-state index is 10.8. The molecule has 0 amide bonds. The molecule has 0 aromatic heterocycles. The second-order valence-corrected chi connectivity index (χ2v) is 5.15. The van der Waals surface area contributed by atoms with Crippen LogP contribution in [0.1, 0.15) is 32.1 Å². The van der Waals surface area contributed by atoms with Gasteiger partial charge in [0.05, 0.1) is 6.42 Å². The number of halogens is 1. The normalized spacial score (nSPS) is 40.4. The first-order valence-electron chi connectivity index (χ1n) is 5.20. The van der Waals surface area contributed by atoms with E-state index in [2.05, 4.69) is 4.84 Å². The Labute approximate surface area is 88.9 Å². The molecule has 0 saturated heterocycles. The van der Waals surface area contributed by atoms with Crippen LogP contribution in [0.25, 0.3) is 0 Å². The van der Waals surface area contributed by atoms with Gasteiger partial charge in [-0.2, -0.15) is 0 Å². The third-order valence-corrected chi connectivity index (χ3v) is 4.07. The molecule has 14 heavy (non-hydrogen) atoms. The number of rotatable bonds is 4. The molecule has 2 aliphatic carbocycles. The predicted molar refractivity (Wildman–Crippen MR) is 54.0 cm³/mol. The summed E-state index contributed by atoms with van der Waals surface area (Å²) in [6.45, 7) is 0.633. The highest BCUT2D eigenvalue weighted by Crippen LogP contribution is 2.56. The summed E-state index contributed by atoms with van der Waals surface area (Å²) in [5, 5.41) is 8.89. The number of fused-ring (bicyclic) bond motifs is 1. The third-order valence-electron chi connectivity index (χ3n) is 3.93. The minimum atomic E-state index is -0.696. The van der Waals surface area contributed by atoms with Crippen LogP contribution in [0, 0.1) is 17.3 Å². The summed E-state index contributed by atoms with van der Waals surface area (Å²) in [4.78, 5) is 13.4. The highest BCUT2D eigenvalue weighted by Gasteiger charge is 2.49. The molecule has 0 spiro atoms. The Morgan fingerprint density at radius 3 is 2.36 bits per heavy atom. The van der Waals surface area contributed by atoms with Gasteiger partial charge < -0.3 is 5.11 Å². The molecule has 0 aromatic carbocycles. The van der Waals surface area contributed by atoms with Crippen LogP contribution in [0.3, 0.4) is 0 Å². The van der Waals surface area contributed by atoms with Crippen LogP contribution in [0.4, 0.5) is 0 Å². The Balaban J connectivity index is 2.03. The van der Waals surface area contributed by atoms with E-state index in [1.165, 1.54) is 12.8 Å². The molecule has 0 aliphatic heterocycles. The van der Waals surface area contributed by atoms with Crippen molar-refractivity contribution in [2.75, 3.05) is 6.54 Å². The van der Waals surface area contributed by atoms with Crippen molar-refractivity contribution in [3.8, 4) is 0 Å². The lowest BCUT2D eigenvalue weighted by Gasteiger charge is -2.29. The lowest BCUT2D eigenvalue weighted by molar-refractivity contribution is -0.139. The van der Waals surface area contributed by atoms with Crippen LogP contribution >= 0.6 is 11.8 Å². The maximum absolute atomic E-state index is 10.8. The van der Waals surface area contributed by atoms with Crippen molar-refractivity contribution in [3.05, 3.63) is 0 Å². The van der Waals surface area contributed by atoms with E-state index in [1.807, 2.05) is 0 Å². The van der Waals surface area contributed by atoms with Gasteiger partial charge in [-0.15, -0.1) is 0 Å². The molecule has 2 rings (SSSR count). The first-order chi connectivity index (χ1) is 6.65. The standard InChI is InChI=1S/C10H16ClNO2/c11-12-6-10(5-9(13)14)3-7-1-2-8(7)4-10/h7-8,12H,1-6H2,(H,13,14)/t7-,8+,10+. The van der Waals surface area contributed by atoms with Gasteiger partial charge in [0.15, 0.2) is 0 Å². The fraction of sp³-hybridized carbons (Fsp3) is 0.900. The summed E-state index contributed by atoms with van der Waals surface area (Å²) in [5.41, 5.74) is -0.0700. The summed E-state index contributed by atoms with van der Waals surface area (Å²) < 4.78 is 0. The molecular formula is C10H16ClNO2. The SMILES string of the molecule is O=C(O)C[C@]1(CNCl)C[C@H]2CC[C@H]2C1. The van der Waals surface area contributed by atoms with Gasteiger partial charge in [-0.05, 0) is 54.7 Å². The quantitative estimate of drug-likeness (QED) is 0.709. The summed E-state index contributed by atoms with van der Waals surface area (Å²) >= 11 is 5.53. The number of hydrogen-bond donors (Lipinski definition) is 2. The number of hydrogen-bond acceptors (Lipinski definition) is 2. The fourth-order valence-electron chi connectivity index (χ4n) is 3.18. The van der Waals surface area contributed by atoms with Crippen molar-refractivity contribution >= 4 is 17.7 Å². The Kier molecular flexibility index (Phi) is 2.71. The summed E-state index contributed by atoms with van der Waals surface area (Å²) in [5.74, 6) is 0.858. The van der Waals surface area contributed by atoms with Gasteiger partial charge in [0.1, 0.15) is 0 Å². The Morgan fingerprint density at radius 2 is 2.00 bits per heavy atom. The molecule has 0 aromatic rings. The smallest absolute Gasteiger partial charge is 0.303 e. The van der Waals surface area contributed by atoms with Gasteiger partial charge in [-0.25, -0.2) is 4.84 Å². The zero-order chi connectivity index (χ0) is 10.2. The van der Waals surface area contributed by atoms with Gasteiger partial charge in [-0.1, -0.05) is 0 Å². The molecule has 2 fully saturated rings. The van der Waals surface area contributed by atoms with Gasteiger partial charge in [0.25, 0.3) is 0 Å². The largest absolute Gasteiger partial charge is 0.481 e. The van der Waals surface area contributed by atoms with E-state index in [1.54, 1.807) is 0 Å². The zero-order valence-electron chi connectivity index (χ0n) is 8.13. The average molecular weight is 218 g/mol. The van der Waals surface area contributed by atoms with E-state index in [9.17, 15) is 4.79 Å². The summed E-state index contributed by atoms with van der Waals surface area (Å²) in [6, 6.07) is 0. The van der Waals surface area contributed by atoms with Crippen molar-refractivity contribution < 1.29 is 9.90 Å². The molecule has 0 bridgehead atoms. The van der Waals surface area contributed by atoms with Gasteiger partial charge >= 0.3 is 5.97 Å². The van der Waals surface area contributed by atoms with E-state index in [4.69, 9.17) is 16.9 Å². The minimum Gasteiger partial charge on any atom is -0.481 e. The fourth-order valence-corrected chi connectivity index (χ4v) is 3.47. The molecule has 80 valence electrons. The molecule has 0 radical (unpaired) electrons. The monoisotopic (exact) mass is 217 g/mol. The first kappa shape index (κ1) is 10.2. The highest BCUT2D eigenvalue weighted by atomic mass is 35.5. The molecule has 2 saturated carbocycles. The maximum Gasteiger partial charge on any atom is 0.303 e. The van der Waals surface area contributed by atoms with Crippen LogP contribution in [0.5, 0.6) is 0 Å². The first-order valence-corrected chi connectivity index (χ1v) is 5.58. The van der Waals surface area contributed by atoms with Crippen molar-refractivity contribution in [1.29, 1.82) is 0 Å². The van der Waals surface area contributed by atoms with Crippen LogP contribution in [-0.4, -0.2) is 17.6 Å². The molecular weight excluding hydrogens is 202 g/mol. The molecule has 3 atom stereocenters. The number of carbonyl (C=O) groups is 1. The third kappa shape index (κ3) is 1.75. The van der Waals surface area contributed by atoms with Crippen molar-refractivity contribution in [3.63, 3.8) is 0 Å². The Hall–Kier alpha value is -0.280. The molecule has 0 heterocycles. The number of carboxylic acid groups (broad SMARTS) is 1. The van der Waals surface area contributed by atoms with E-state index < -0.39 is 5.97 Å². The van der Waals surface area contributed by atoms with Gasteiger partial charge in [0, 0.05) is 6.54 Å². The predicted octanol–water partition coefficient (Wildman–Crippen LogP) is 2.01. The lowest BCUT2D eigenvalue weighted by Crippen LogP contribution is -2.30. The van der Waals surface area contributed by atoms with Crippen LogP contribution in [0.2, 0.25) is 0 Å².